The molecule has 8 nitrogen and oxygen atoms in total. The summed E-state index contributed by atoms with van der Waals surface area (Å²) in [7, 11) is -2.73. The number of benzene rings is 3. The Balaban J connectivity index is 2.03. The number of methoxy groups -OCH3 is 1. The van der Waals surface area contributed by atoms with Gasteiger partial charge in [-0.25, -0.2) is 8.42 Å². The van der Waals surface area contributed by atoms with Crippen molar-refractivity contribution in [1.82, 2.24) is 10.2 Å². The molecule has 0 aromatic heterocycles. The van der Waals surface area contributed by atoms with Crippen LogP contribution in [0.2, 0.25) is 5.02 Å². The molecular formula is C31H38ClN3O5S. The van der Waals surface area contributed by atoms with Gasteiger partial charge in [-0.15, -0.1) is 0 Å². The van der Waals surface area contributed by atoms with Crippen molar-refractivity contribution in [3.05, 3.63) is 88.4 Å². The van der Waals surface area contributed by atoms with Crippen LogP contribution in [0.5, 0.6) is 5.75 Å². The van der Waals surface area contributed by atoms with Crippen LogP contribution in [-0.4, -0.2) is 51.4 Å². The number of halogens is 1. The predicted molar refractivity (Wildman–Crippen MR) is 163 cm³/mol. The summed E-state index contributed by atoms with van der Waals surface area (Å²) in [6.45, 7) is 7.57. The summed E-state index contributed by atoms with van der Waals surface area (Å²) in [4.78, 5) is 28.5. The number of aryl methyl sites for hydroxylation is 2. The molecule has 0 bridgehead atoms. The van der Waals surface area contributed by atoms with Crippen LogP contribution in [0.4, 0.5) is 5.69 Å². The number of nitrogens with zero attached hydrogens (tertiary/aromatic N) is 2. The Hall–Kier alpha value is -3.56. The van der Waals surface area contributed by atoms with Gasteiger partial charge in [0.05, 0.1) is 22.7 Å². The fraction of sp³-hybridized carbons (Fsp3) is 0.355. The third-order valence-corrected chi connectivity index (χ3v) is 8.87. The number of hydrogen-bond acceptors (Lipinski definition) is 5. The first-order valence-electron chi connectivity index (χ1n) is 13.5. The molecule has 0 aliphatic rings. The zero-order valence-corrected chi connectivity index (χ0v) is 25.8. The van der Waals surface area contributed by atoms with Crippen molar-refractivity contribution in [2.24, 2.45) is 0 Å². The number of anilines is 1. The maximum Gasteiger partial charge on any atom is 0.264 e. The number of ether oxygens (including phenoxy) is 1. The molecule has 0 heterocycles. The first-order valence-corrected chi connectivity index (χ1v) is 15.4. The number of sulfonamides is 1. The lowest BCUT2D eigenvalue weighted by Gasteiger charge is -2.32. The molecule has 3 aromatic carbocycles. The van der Waals surface area contributed by atoms with Gasteiger partial charge < -0.3 is 15.0 Å². The van der Waals surface area contributed by atoms with Gasteiger partial charge in [0.25, 0.3) is 10.0 Å². The van der Waals surface area contributed by atoms with Gasteiger partial charge in [0.2, 0.25) is 11.8 Å². The van der Waals surface area contributed by atoms with E-state index in [1.807, 2.05) is 45.0 Å². The molecule has 0 saturated heterocycles. The summed E-state index contributed by atoms with van der Waals surface area (Å²) in [5.74, 6) is -0.474. The average molecular weight is 600 g/mol. The van der Waals surface area contributed by atoms with E-state index in [4.69, 9.17) is 16.3 Å². The number of hydrogen-bond donors (Lipinski definition) is 1. The molecule has 2 amide bonds. The van der Waals surface area contributed by atoms with Crippen LogP contribution in [0.1, 0.15) is 43.4 Å². The van der Waals surface area contributed by atoms with E-state index in [-0.39, 0.29) is 28.1 Å². The number of unbranched alkanes of at least 4 members (excludes halogenated alkanes) is 1. The van der Waals surface area contributed by atoms with E-state index in [2.05, 4.69) is 5.32 Å². The van der Waals surface area contributed by atoms with Crippen molar-refractivity contribution in [2.75, 3.05) is 24.5 Å². The molecule has 0 aliphatic carbocycles. The molecule has 1 atom stereocenters. The van der Waals surface area contributed by atoms with Gasteiger partial charge in [-0.3, -0.25) is 13.9 Å². The minimum absolute atomic E-state index is 0.0262. The second-order valence-corrected chi connectivity index (χ2v) is 12.2. The maximum atomic E-state index is 14.0. The third kappa shape index (κ3) is 8.24. The van der Waals surface area contributed by atoms with Gasteiger partial charge in [0, 0.05) is 13.1 Å². The van der Waals surface area contributed by atoms with Crippen molar-refractivity contribution < 1.29 is 22.7 Å². The van der Waals surface area contributed by atoms with Crippen molar-refractivity contribution in [3.63, 3.8) is 0 Å². The van der Waals surface area contributed by atoms with Crippen LogP contribution in [0, 0.1) is 13.8 Å². The van der Waals surface area contributed by atoms with Gasteiger partial charge >= 0.3 is 0 Å². The summed E-state index contributed by atoms with van der Waals surface area (Å²) in [6, 6.07) is 17.7. The van der Waals surface area contributed by atoms with Crippen molar-refractivity contribution in [1.29, 1.82) is 0 Å². The Labute approximate surface area is 248 Å². The highest BCUT2D eigenvalue weighted by Crippen LogP contribution is 2.32. The molecule has 10 heteroatoms. The molecule has 0 spiro atoms. The first-order chi connectivity index (χ1) is 19.5. The standard InChI is InChI=1S/C31H38ClN3O5S/c1-6-7-18-33-31(37)24(4)34(20-25-12-8-22(2)9-13-25)30(36)21-35(26-14-17-29(40-5)28(32)19-26)41(38,39)27-15-10-23(3)11-16-27/h8-17,19,24H,6-7,18,20-21H2,1-5H3,(H,33,37)/t24-/m1/s1. The first kappa shape index (κ1) is 32.0. The zero-order chi connectivity index (χ0) is 30.2. The predicted octanol–water partition coefficient (Wildman–Crippen LogP) is 5.49. The van der Waals surface area contributed by atoms with Crippen molar-refractivity contribution in [3.8, 4) is 5.75 Å². The number of nitrogens with one attached hydrogen (secondary N) is 1. The molecule has 0 aliphatic heterocycles. The van der Waals surface area contributed by atoms with Gasteiger partial charge in [0.1, 0.15) is 18.3 Å². The molecule has 41 heavy (non-hydrogen) atoms. The van der Waals surface area contributed by atoms with Gasteiger partial charge in [-0.05, 0) is 63.1 Å². The third-order valence-electron chi connectivity index (χ3n) is 6.78. The number of carbonyl (C=O) groups is 2. The van der Waals surface area contributed by atoms with Crippen molar-refractivity contribution in [2.45, 2.75) is 58.0 Å². The van der Waals surface area contributed by atoms with E-state index in [0.717, 1.165) is 33.8 Å². The summed E-state index contributed by atoms with van der Waals surface area (Å²) in [5.41, 5.74) is 2.97. The highest BCUT2D eigenvalue weighted by Gasteiger charge is 2.32. The van der Waals surface area contributed by atoms with E-state index in [0.29, 0.717) is 12.3 Å². The van der Waals surface area contributed by atoms with Crippen LogP contribution < -0.4 is 14.4 Å². The smallest absolute Gasteiger partial charge is 0.264 e. The van der Waals surface area contributed by atoms with Crippen LogP contribution in [0.25, 0.3) is 0 Å². The minimum Gasteiger partial charge on any atom is -0.495 e. The fourth-order valence-electron chi connectivity index (χ4n) is 4.19. The van der Waals surface area contributed by atoms with Crippen LogP contribution in [0.3, 0.4) is 0 Å². The highest BCUT2D eigenvalue weighted by molar-refractivity contribution is 7.92. The van der Waals surface area contributed by atoms with E-state index in [1.54, 1.807) is 25.1 Å². The van der Waals surface area contributed by atoms with Crippen LogP contribution in [0.15, 0.2) is 71.6 Å². The lowest BCUT2D eigenvalue weighted by atomic mass is 10.1. The Morgan fingerprint density at radius 3 is 2.15 bits per heavy atom. The topological polar surface area (TPSA) is 96.0 Å². The van der Waals surface area contributed by atoms with Crippen molar-refractivity contribution >= 4 is 39.1 Å². The number of amides is 2. The summed E-state index contributed by atoms with van der Waals surface area (Å²) in [5, 5.41) is 3.08. The number of carbonyl (C=O) groups excluding carboxylic acids is 2. The summed E-state index contributed by atoms with van der Waals surface area (Å²) >= 11 is 6.37. The molecular weight excluding hydrogens is 562 g/mol. The van der Waals surface area contributed by atoms with E-state index in [9.17, 15) is 18.0 Å². The quantitative estimate of drug-likeness (QED) is 0.262. The monoisotopic (exact) mass is 599 g/mol. The summed E-state index contributed by atoms with van der Waals surface area (Å²) in [6.07, 6.45) is 1.72. The van der Waals surface area contributed by atoms with Crippen LogP contribution >= 0.6 is 11.6 Å². The average Bonchev–Trinajstić information content (AvgIpc) is 2.95. The lowest BCUT2D eigenvalue weighted by Crippen LogP contribution is -2.51. The van der Waals surface area contributed by atoms with Gasteiger partial charge in [0.15, 0.2) is 0 Å². The Bertz CT molecular complexity index is 1440. The normalized spacial score (nSPS) is 12.0. The molecule has 0 radical (unpaired) electrons. The van der Waals surface area contributed by atoms with Gasteiger partial charge in [-0.1, -0.05) is 72.5 Å². The minimum atomic E-state index is -4.19. The highest BCUT2D eigenvalue weighted by atomic mass is 35.5. The molecule has 220 valence electrons. The lowest BCUT2D eigenvalue weighted by molar-refractivity contribution is -0.139. The second kappa shape index (κ2) is 14.4. The number of rotatable bonds is 13. The molecule has 3 rings (SSSR count). The molecule has 3 aromatic rings. The Kier molecular flexibility index (Phi) is 11.2. The molecule has 1 N–H and O–H groups in total. The SMILES string of the molecule is CCCCNC(=O)[C@@H](C)N(Cc1ccc(C)cc1)C(=O)CN(c1ccc(OC)c(Cl)c1)S(=O)(=O)c1ccc(C)cc1. The molecule has 0 saturated carbocycles. The molecule has 0 unspecified atom stereocenters. The Morgan fingerprint density at radius 2 is 1.59 bits per heavy atom. The van der Waals surface area contributed by atoms with Gasteiger partial charge in [-0.2, -0.15) is 0 Å². The maximum absolute atomic E-state index is 14.0. The van der Waals surface area contributed by atoms with E-state index in [1.165, 1.54) is 36.3 Å². The van der Waals surface area contributed by atoms with Crippen LogP contribution in [-0.2, 0) is 26.2 Å². The largest absolute Gasteiger partial charge is 0.495 e. The molecule has 0 fully saturated rings. The fourth-order valence-corrected chi connectivity index (χ4v) is 5.84. The summed E-state index contributed by atoms with van der Waals surface area (Å²) < 4.78 is 34.1. The van der Waals surface area contributed by atoms with E-state index >= 15 is 0 Å². The van der Waals surface area contributed by atoms with E-state index < -0.39 is 28.5 Å². The second-order valence-electron chi connectivity index (χ2n) is 9.97. The zero-order valence-electron chi connectivity index (χ0n) is 24.2. The Morgan fingerprint density at radius 1 is 0.976 bits per heavy atom.